The fourth-order valence-corrected chi connectivity index (χ4v) is 1.02. The molecule has 0 aromatic carbocycles. The van der Waals surface area contributed by atoms with E-state index in [1.807, 2.05) is 0 Å². The molecule has 8 heteroatoms. The molecule has 0 aliphatic carbocycles. The maximum Gasteiger partial charge on any atom is 0.315 e. The zero-order valence-corrected chi connectivity index (χ0v) is 8.73. The number of hydrogen-bond donors (Lipinski definition) is 4. The summed E-state index contributed by atoms with van der Waals surface area (Å²) in [6.45, 7) is 1.82. The lowest BCUT2D eigenvalue weighted by Crippen LogP contribution is -2.38. The normalized spacial score (nSPS) is 11.8. The van der Waals surface area contributed by atoms with Crippen molar-refractivity contribution in [3.63, 3.8) is 0 Å². The van der Waals surface area contributed by atoms with Crippen LogP contribution in [-0.2, 0) is 4.79 Å². The molecular formula is C8H13N5O3. The van der Waals surface area contributed by atoms with Crippen LogP contribution in [0.3, 0.4) is 0 Å². The number of urea groups is 1. The number of carboxylic acids is 1. The van der Waals surface area contributed by atoms with Gasteiger partial charge in [0.25, 0.3) is 0 Å². The third kappa shape index (κ3) is 3.95. The van der Waals surface area contributed by atoms with Gasteiger partial charge >= 0.3 is 12.0 Å². The van der Waals surface area contributed by atoms with Crippen LogP contribution in [0.1, 0.15) is 25.2 Å². The Kier molecular flexibility index (Phi) is 4.25. The minimum absolute atomic E-state index is 0.0876. The maximum absolute atomic E-state index is 11.3. The maximum atomic E-state index is 11.3. The van der Waals surface area contributed by atoms with E-state index >= 15 is 0 Å². The topological polar surface area (TPSA) is 120 Å². The molecule has 88 valence electrons. The highest BCUT2D eigenvalue weighted by Gasteiger charge is 2.11. The Morgan fingerprint density at radius 1 is 1.62 bits per heavy atom. The van der Waals surface area contributed by atoms with Crippen molar-refractivity contribution in [2.45, 2.75) is 19.4 Å². The monoisotopic (exact) mass is 227 g/mol. The van der Waals surface area contributed by atoms with Gasteiger partial charge in [0.05, 0.1) is 12.5 Å². The number of aromatic amines is 1. The van der Waals surface area contributed by atoms with Crippen molar-refractivity contribution in [1.82, 2.24) is 25.8 Å². The van der Waals surface area contributed by atoms with Gasteiger partial charge in [0.15, 0.2) is 0 Å². The van der Waals surface area contributed by atoms with Crippen molar-refractivity contribution in [1.29, 1.82) is 0 Å². The number of aliphatic carboxylic acids is 1. The summed E-state index contributed by atoms with van der Waals surface area (Å²) in [6, 6.07) is -0.752. The van der Waals surface area contributed by atoms with Gasteiger partial charge < -0.3 is 15.7 Å². The Morgan fingerprint density at radius 3 is 2.94 bits per heavy atom. The molecular weight excluding hydrogens is 214 g/mol. The molecule has 0 bridgehead atoms. The molecule has 0 saturated heterocycles. The average molecular weight is 227 g/mol. The third-order valence-electron chi connectivity index (χ3n) is 1.82. The summed E-state index contributed by atoms with van der Waals surface area (Å²) in [4.78, 5) is 25.3. The number of hydrogen-bond acceptors (Lipinski definition) is 4. The summed E-state index contributed by atoms with van der Waals surface area (Å²) in [5, 5.41) is 19.6. The van der Waals surface area contributed by atoms with Gasteiger partial charge in [0.2, 0.25) is 0 Å². The van der Waals surface area contributed by atoms with E-state index < -0.39 is 12.0 Å². The van der Waals surface area contributed by atoms with Gasteiger partial charge in [0, 0.05) is 6.54 Å². The van der Waals surface area contributed by atoms with Crippen molar-refractivity contribution in [2.75, 3.05) is 6.54 Å². The van der Waals surface area contributed by atoms with E-state index in [4.69, 9.17) is 5.11 Å². The van der Waals surface area contributed by atoms with Gasteiger partial charge in [-0.3, -0.25) is 9.89 Å². The molecule has 16 heavy (non-hydrogen) atoms. The van der Waals surface area contributed by atoms with Crippen LogP contribution in [0.2, 0.25) is 0 Å². The summed E-state index contributed by atoms with van der Waals surface area (Å²) in [7, 11) is 0. The fourth-order valence-electron chi connectivity index (χ4n) is 1.02. The number of aromatic nitrogens is 3. The first-order valence-corrected chi connectivity index (χ1v) is 4.71. The van der Waals surface area contributed by atoms with Crippen molar-refractivity contribution in [2.24, 2.45) is 0 Å². The Labute approximate surface area is 91.5 Å². The fraction of sp³-hybridized carbons (Fsp3) is 0.500. The lowest BCUT2D eigenvalue weighted by Gasteiger charge is -2.11. The first-order valence-electron chi connectivity index (χ1n) is 4.71. The number of nitrogens with one attached hydrogen (secondary N) is 3. The first kappa shape index (κ1) is 12.0. The average Bonchev–Trinajstić information content (AvgIpc) is 2.69. The van der Waals surface area contributed by atoms with E-state index in [1.165, 1.54) is 6.33 Å². The van der Waals surface area contributed by atoms with Crippen LogP contribution >= 0.6 is 0 Å². The van der Waals surface area contributed by atoms with Crippen LogP contribution in [0.5, 0.6) is 0 Å². The predicted molar refractivity (Wildman–Crippen MR) is 53.6 cm³/mol. The molecule has 1 rings (SSSR count). The van der Waals surface area contributed by atoms with Crippen molar-refractivity contribution in [3.05, 3.63) is 12.2 Å². The number of H-pyrrole nitrogens is 1. The van der Waals surface area contributed by atoms with Crippen LogP contribution < -0.4 is 10.6 Å². The minimum atomic E-state index is -0.955. The minimum Gasteiger partial charge on any atom is -0.481 e. The lowest BCUT2D eigenvalue weighted by molar-refractivity contribution is -0.136. The molecule has 0 aliphatic rings. The van der Waals surface area contributed by atoms with Gasteiger partial charge in [-0.1, -0.05) is 0 Å². The summed E-state index contributed by atoms with van der Waals surface area (Å²) < 4.78 is 0. The molecule has 1 heterocycles. The molecule has 1 aromatic heterocycles. The number of carbonyl (C=O) groups is 2. The largest absolute Gasteiger partial charge is 0.481 e. The van der Waals surface area contributed by atoms with E-state index in [1.54, 1.807) is 6.92 Å². The quantitative estimate of drug-likeness (QED) is 0.547. The number of carbonyl (C=O) groups excluding carboxylic acids is 1. The van der Waals surface area contributed by atoms with Crippen LogP contribution in [0.25, 0.3) is 0 Å². The highest BCUT2D eigenvalue weighted by Crippen LogP contribution is 2.02. The van der Waals surface area contributed by atoms with E-state index in [0.29, 0.717) is 5.82 Å². The molecule has 0 aliphatic heterocycles. The summed E-state index contributed by atoms with van der Waals surface area (Å²) in [5.74, 6) is -0.419. The molecule has 8 nitrogen and oxygen atoms in total. The van der Waals surface area contributed by atoms with Crippen molar-refractivity contribution in [3.8, 4) is 0 Å². The molecule has 0 saturated carbocycles. The highest BCUT2D eigenvalue weighted by atomic mass is 16.4. The van der Waals surface area contributed by atoms with E-state index in [-0.39, 0.29) is 19.0 Å². The SMILES string of the molecule is CC(NC(=O)NCCC(=O)O)c1ncn[nH]1. The Balaban J connectivity index is 2.26. The second kappa shape index (κ2) is 5.69. The van der Waals surface area contributed by atoms with Crippen LogP contribution in [0.15, 0.2) is 6.33 Å². The predicted octanol–water partition coefficient (Wildman–Crippen LogP) is -0.360. The highest BCUT2D eigenvalue weighted by molar-refractivity contribution is 5.75. The van der Waals surface area contributed by atoms with Gasteiger partial charge in [-0.25, -0.2) is 9.78 Å². The molecule has 2 amide bonds. The van der Waals surface area contributed by atoms with Gasteiger partial charge in [-0.05, 0) is 6.92 Å². The van der Waals surface area contributed by atoms with E-state index in [0.717, 1.165) is 0 Å². The molecule has 0 fully saturated rings. The Morgan fingerprint density at radius 2 is 2.38 bits per heavy atom. The second-order valence-corrected chi connectivity index (χ2v) is 3.14. The summed E-state index contributed by atoms with van der Waals surface area (Å²) in [5.41, 5.74) is 0. The first-order chi connectivity index (χ1) is 7.59. The van der Waals surface area contributed by atoms with Crippen molar-refractivity contribution < 1.29 is 14.7 Å². The number of nitrogens with zero attached hydrogens (tertiary/aromatic N) is 2. The van der Waals surface area contributed by atoms with E-state index in [2.05, 4.69) is 25.8 Å². The van der Waals surface area contributed by atoms with Gasteiger partial charge in [-0.2, -0.15) is 5.10 Å². The van der Waals surface area contributed by atoms with Gasteiger partial charge in [0.1, 0.15) is 12.2 Å². The standard InChI is InChI=1S/C8H13N5O3/c1-5(7-10-4-11-13-7)12-8(16)9-3-2-6(14)15/h4-5H,2-3H2,1H3,(H,14,15)(H2,9,12,16)(H,10,11,13). The molecule has 1 atom stereocenters. The number of amides is 2. The molecule has 0 radical (unpaired) electrons. The molecule has 4 N–H and O–H groups in total. The molecule has 0 spiro atoms. The summed E-state index contributed by atoms with van der Waals surface area (Å²) >= 11 is 0. The van der Waals surface area contributed by atoms with E-state index in [9.17, 15) is 9.59 Å². The Bertz CT molecular complexity index is 351. The third-order valence-corrected chi connectivity index (χ3v) is 1.82. The van der Waals surface area contributed by atoms with Gasteiger partial charge in [-0.15, -0.1) is 0 Å². The van der Waals surface area contributed by atoms with Crippen LogP contribution in [0.4, 0.5) is 4.79 Å². The van der Waals surface area contributed by atoms with Crippen LogP contribution in [0, 0.1) is 0 Å². The zero-order valence-electron chi connectivity index (χ0n) is 8.73. The number of rotatable bonds is 5. The Hall–Kier alpha value is -2.12. The van der Waals surface area contributed by atoms with Crippen molar-refractivity contribution >= 4 is 12.0 Å². The zero-order chi connectivity index (χ0) is 12.0. The lowest BCUT2D eigenvalue weighted by atomic mass is 10.3. The smallest absolute Gasteiger partial charge is 0.315 e. The van der Waals surface area contributed by atoms with Crippen LogP contribution in [-0.4, -0.2) is 38.8 Å². The molecule has 1 aromatic rings. The second-order valence-electron chi connectivity index (χ2n) is 3.14. The molecule has 1 unspecified atom stereocenters. The summed E-state index contributed by atoms with van der Waals surface area (Å²) in [6.07, 6.45) is 1.24. The number of carboxylic acid groups (broad SMARTS) is 1.